The monoisotopic (exact) mass is 417 g/mol. The second-order valence-electron chi connectivity index (χ2n) is 9.68. The number of aromatic nitrogens is 1. The highest BCUT2D eigenvalue weighted by molar-refractivity contribution is 6.04. The van der Waals surface area contributed by atoms with Gasteiger partial charge in [-0.25, -0.2) is 9.78 Å². The summed E-state index contributed by atoms with van der Waals surface area (Å²) in [5, 5.41) is 11.5. The Hall–Kier alpha value is -2.88. The Bertz CT molecular complexity index is 1100. The lowest BCUT2D eigenvalue weighted by Gasteiger charge is -2.20. The molecule has 1 saturated carbocycles. The van der Waals surface area contributed by atoms with Crippen molar-refractivity contribution in [3.63, 3.8) is 0 Å². The molecule has 4 rings (SSSR count). The molecule has 0 radical (unpaired) electrons. The largest absolute Gasteiger partial charge is 0.496 e. The minimum absolute atomic E-state index is 0.0824. The molecule has 1 aromatic heterocycles. The van der Waals surface area contributed by atoms with Crippen molar-refractivity contribution in [1.82, 2.24) is 4.98 Å². The summed E-state index contributed by atoms with van der Waals surface area (Å²) < 4.78 is 5.62. The SMILES string of the molecule is COc1ccc(-c2ccc(C(C)(C)C)cc2)c2c(CC3CCCC3)nc(C(=O)O)cc12. The molecule has 162 valence electrons. The zero-order valence-electron chi connectivity index (χ0n) is 18.9. The van der Waals surface area contributed by atoms with Crippen molar-refractivity contribution in [3.8, 4) is 16.9 Å². The van der Waals surface area contributed by atoms with Crippen LogP contribution in [0.1, 0.15) is 68.2 Å². The molecule has 0 bridgehead atoms. The number of benzene rings is 2. The maximum atomic E-state index is 11.8. The maximum absolute atomic E-state index is 11.8. The number of carbonyl (C=O) groups is 1. The van der Waals surface area contributed by atoms with Gasteiger partial charge in [-0.05, 0) is 52.6 Å². The van der Waals surface area contributed by atoms with Crippen LogP contribution in [0.2, 0.25) is 0 Å². The molecule has 0 aliphatic heterocycles. The summed E-state index contributed by atoms with van der Waals surface area (Å²) in [6.45, 7) is 6.63. The van der Waals surface area contributed by atoms with Gasteiger partial charge in [0.15, 0.2) is 0 Å². The van der Waals surface area contributed by atoms with E-state index in [1.165, 1.54) is 31.2 Å². The van der Waals surface area contributed by atoms with E-state index in [9.17, 15) is 9.90 Å². The van der Waals surface area contributed by atoms with E-state index in [-0.39, 0.29) is 11.1 Å². The normalized spacial score (nSPS) is 14.8. The average Bonchev–Trinajstić information content (AvgIpc) is 3.25. The second-order valence-corrected chi connectivity index (χ2v) is 9.68. The predicted octanol–water partition coefficient (Wildman–Crippen LogP) is 6.64. The quantitative estimate of drug-likeness (QED) is 0.505. The number of fused-ring (bicyclic) bond motifs is 1. The van der Waals surface area contributed by atoms with Gasteiger partial charge >= 0.3 is 5.97 Å². The van der Waals surface area contributed by atoms with Gasteiger partial charge in [0, 0.05) is 10.8 Å². The van der Waals surface area contributed by atoms with Gasteiger partial charge in [-0.3, -0.25) is 0 Å². The molecule has 3 aromatic rings. The number of hydrogen-bond donors (Lipinski definition) is 1. The highest BCUT2D eigenvalue weighted by Crippen LogP contribution is 2.39. The van der Waals surface area contributed by atoms with E-state index in [0.29, 0.717) is 11.7 Å². The summed E-state index contributed by atoms with van der Waals surface area (Å²) >= 11 is 0. The summed E-state index contributed by atoms with van der Waals surface area (Å²) in [5.41, 5.74) is 4.51. The van der Waals surface area contributed by atoms with Gasteiger partial charge in [-0.2, -0.15) is 0 Å². The smallest absolute Gasteiger partial charge is 0.354 e. The molecule has 1 heterocycles. The molecule has 31 heavy (non-hydrogen) atoms. The Labute approximate surface area is 184 Å². The fraction of sp³-hybridized carbons (Fsp3) is 0.407. The summed E-state index contributed by atoms with van der Waals surface area (Å²) in [4.78, 5) is 16.4. The van der Waals surface area contributed by atoms with E-state index < -0.39 is 5.97 Å². The van der Waals surface area contributed by atoms with Crippen LogP contribution in [0.15, 0.2) is 42.5 Å². The van der Waals surface area contributed by atoms with E-state index in [0.717, 1.165) is 34.0 Å². The number of ether oxygens (including phenoxy) is 1. The lowest BCUT2D eigenvalue weighted by molar-refractivity contribution is 0.0690. The number of rotatable bonds is 5. The summed E-state index contributed by atoms with van der Waals surface area (Å²) in [6.07, 6.45) is 5.65. The molecule has 2 aromatic carbocycles. The number of pyridine rings is 1. The van der Waals surface area contributed by atoms with E-state index >= 15 is 0 Å². The molecule has 1 aliphatic rings. The van der Waals surface area contributed by atoms with Gasteiger partial charge in [0.1, 0.15) is 11.4 Å². The zero-order chi connectivity index (χ0) is 22.2. The van der Waals surface area contributed by atoms with Crippen molar-refractivity contribution in [2.24, 2.45) is 5.92 Å². The Morgan fingerprint density at radius 2 is 1.77 bits per heavy atom. The maximum Gasteiger partial charge on any atom is 0.354 e. The van der Waals surface area contributed by atoms with Crippen LogP contribution < -0.4 is 4.74 Å². The molecule has 0 amide bonds. The van der Waals surface area contributed by atoms with Gasteiger partial charge in [-0.1, -0.05) is 70.7 Å². The van der Waals surface area contributed by atoms with E-state index in [1.807, 2.05) is 6.07 Å². The summed E-state index contributed by atoms with van der Waals surface area (Å²) in [5.74, 6) is 0.237. The number of nitrogens with zero attached hydrogens (tertiary/aromatic N) is 1. The van der Waals surface area contributed by atoms with Crippen LogP contribution >= 0.6 is 0 Å². The van der Waals surface area contributed by atoms with Crippen LogP contribution in [-0.2, 0) is 11.8 Å². The fourth-order valence-electron chi connectivity index (χ4n) is 4.74. The highest BCUT2D eigenvalue weighted by Gasteiger charge is 2.22. The Morgan fingerprint density at radius 3 is 2.35 bits per heavy atom. The first-order valence-electron chi connectivity index (χ1n) is 11.1. The van der Waals surface area contributed by atoms with Crippen molar-refractivity contribution < 1.29 is 14.6 Å². The van der Waals surface area contributed by atoms with Crippen molar-refractivity contribution in [3.05, 3.63) is 59.4 Å². The minimum atomic E-state index is -1.00. The Balaban J connectivity index is 1.93. The van der Waals surface area contributed by atoms with Crippen LogP contribution in [0, 0.1) is 5.92 Å². The highest BCUT2D eigenvalue weighted by atomic mass is 16.5. The van der Waals surface area contributed by atoms with Gasteiger partial charge in [0.25, 0.3) is 0 Å². The summed E-state index contributed by atoms with van der Waals surface area (Å²) in [6, 6.07) is 14.3. The Kier molecular flexibility index (Phi) is 5.74. The number of carboxylic acids is 1. The lowest BCUT2D eigenvalue weighted by Crippen LogP contribution is -2.10. The topological polar surface area (TPSA) is 59.4 Å². The third-order valence-electron chi connectivity index (χ3n) is 6.49. The van der Waals surface area contributed by atoms with E-state index in [2.05, 4.69) is 56.1 Å². The van der Waals surface area contributed by atoms with Crippen LogP contribution in [0.5, 0.6) is 5.75 Å². The molecule has 4 nitrogen and oxygen atoms in total. The van der Waals surface area contributed by atoms with Crippen molar-refractivity contribution in [1.29, 1.82) is 0 Å². The van der Waals surface area contributed by atoms with Crippen LogP contribution in [0.25, 0.3) is 21.9 Å². The average molecular weight is 418 g/mol. The Morgan fingerprint density at radius 1 is 1.10 bits per heavy atom. The summed E-state index contributed by atoms with van der Waals surface area (Å²) in [7, 11) is 1.63. The third-order valence-corrected chi connectivity index (χ3v) is 6.49. The first-order chi connectivity index (χ1) is 14.8. The third kappa shape index (κ3) is 4.30. The number of methoxy groups -OCH3 is 1. The van der Waals surface area contributed by atoms with E-state index in [1.54, 1.807) is 13.2 Å². The van der Waals surface area contributed by atoms with Crippen molar-refractivity contribution in [2.45, 2.75) is 58.3 Å². The van der Waals surface area contributed by atoms with Crippen LogP contribution in [0.3, 0.4) is 0 Å². The molecule has 0 spiro atoms. The molecular weight excluding hydrogens is 386 g/mol. The molecular formula is C27H31NO3. The number of aromatic carboxylic acids is 1. The van der Waals surface area contributed by atoms with Gasteiger partial charge in [-0.15, -0.1) is 0 Å². The number of carboxylic acid groups (broad SMARTS) is 1. The predicted molar refractivity (Wildman–Crippen MR) is 125 cm³/mol. The molecule has 1 aliphatic carbocycles. The molecule has 4 heteroatoms. The number of hydrogen-bond acceptors (Lipinski definition) is 3. The first kappa shape index (κ1) is 21.4. The van der Waals surface area contributed by atoms with Crippen molar-refractivity contribution in [2.75, 3.05) is 7.11 Å². The van der Waals surface area contributed by atoms with Crippen molar-refractivity contribution >= 4 is 16.7 Å². The fourth-order valence-corrected chi connectivity index (χ4v) is 4.74. The van der Waals surface area contributed by atoms with E-state index in [4.69, 9.17) is 4.74 Å². The second kappa shape index (κ2) is 8.33. The first-order valence-corrected chi connectivity index (χ1v) is 11.1. The van der Waals surface area contributed by atoms with Crippen LogP contribution in [-0.4, -0.2) is 23.2 Å². The minimum Gasteiger partial charge on any atom is -0.496 e. The molecule has 0 saturated heterocycles. The van der Waals surface area contributed by atoms with Gasteiger partial charge in [0.2, 0.25) is 0 Å². The zero-order valence-corrected chi connectivity index (χ0v) is 18.9. The molecule has 1 fully saturated rings. The lowest BCUT2D eigenvalue weighted by atomic mass is 9.85. The van der Waals surface area contributed by atoms with Gasteiger partial charge in [0.05, 0.1) is 12.8 Å². The van der Waals surface area contributed by atoms with Crippen LogP contribution in [0.4, 0.5) is 0 Å². The molecule has 1 N–H and O–H groups in total. The molecule has 0 atom stereocenters. The standard InChI is InChI=1S/C27H31NO3/c1-27(2,3)19-11-9-18(10-12-19)20-13-14-24(31-4)21-16-23(26(29)30)28-22(25(20)21)15-17-7-5-6-8-17/h9-14,16-17H,5-8,15H2,1-4H3,(H,29,30). The molecule has 0 unspecified atom stereocenters. The van der Waals surface area contributed by atoms with Gasteiger partial charge < -0.3 is 9.84 Å².